The predicted molar refractivity (Wildman–Crippen MR) is 82.3 cm³/mol. The Morgan fingerprint density at radius 2 is 1.64 bits per heavy atom. The molecule has 2 heterocycles. The third-order valence-electron chi connectivity index (χ3n) is 5.26. The van der Waals surface area contributed by atoms with Gasteiger partial charge in [-0.2, -0.15) is 0 Å². The second-order valence-corrected chi connectivity index (χ2v) is 6.78. The molecule has 2 atom stereocenters. The minimum Gasteiger partial charge on any atom is -0.371 e. The minimum atomic E-state index is -0.275. The molecule has 1 aliphatic carbocycles. The van der Waals surface area contributed by atoms with E-state index < -0.39 is 0 Å². The van der Waals surface area contributed by atoms with Gasteiger partial charge in [-0.05, 0) is 45.2 Å². The molecular weight excluding hydrogens is 282 g/mol. The van der Waals surface area contributed by atoms with Crippen LogP contribution in [0, 0.1) is 5.92 Å². The molecule has 0 spiro atoms. The van der Waals surface area contributed by atoms with Crippen LogP contribution in [0.25, 0.3) is 0 Å². The number of hydrogen-bond donors (Lipinski definition) is 0. The molecule has 6 nitrogen and oxygen atoms in total. The maximum atomic E-state index is 12.6. The lowest BCUT2D eigenvalue weighted by molar-refractivity contribution is -0.148. The van der Waals surface area contributed by atoms with E-state index in [0.29, 0.717) is 32.1 Å². The number of piperazine rings is 1. The van der Waals surface area contributed by atoms with Crippen LogP contribution in [-0.2, 0) is 14.3 Å². The van der Waals surface area contributed by atoms with Crippen molar-refractivity contribution in [3.05, 3.63) is 0 Å². The van der Waals surface area contributed by atoms with Crippen LogP contribution in [-0.4, -0.2) is 85.5 Å². The highest BCUT2D eigenvalue weighted by Gasteiger charge is 2.40. The summed E-state index contributed by atoms with van der Waals surface area (Å²) >= 11 is 0. The first-order valence-electron chi connectivity index (χ1n) is 8.42. The van der Waals surface area contributed by atoms with E-state index in [4.69, 9.17) is 4.74 Å². The first-order valence-corrected chi connectivity index (χ1v) is 8.42. The molecule has 0 radical (unpaired) electrons. The summed E-state index contributed by atoms with van der Waals surface area (Å²) < 4.78 is 5.38. The molecule has 0 aromatic carbocycles. The molecule has 2 unspecified atom stereocenters. The van der Waals surface area contributed by atoms with Crippen LogP contribution in [0.3, 0.4) is 0 Å². The third-order valence-corrected chi connectivity index (χ3v) is 5.26. The average Bonchev–Trinajstić information content (AvgIpc) is 3.28. The normalized spacial score (nSPS) is 28.0. The summed E-state index contributed by atoms with van der Waals surface area (Å²) in [5.41, 5.74) is 0. The quantitative estimate of drug-likeness (QED) is 0.743. The highest BCUT2D eigenvalue weighted by Crippen LogP contribution is 2.35. The molecule has 0 aromatic rings. The van der Waals surface area contributed by atoms with Gasteiger partial charge in [0.15, 0.2) is 0 Å². The van der Waals surface area contributed by atoms with Crippen molar-refractivity contribution in [2.24, 2.45) is 5.92 Å². The summed E-state index contributed by atoms with van der Waals surface area (Å²) in [7, 11) is 3.64. The summed E-state index contributed by atoms with van der Waals surface area (Å²) in [5.74, 6) is 0.747. The van der Waals surface area contributed by atoms with E-state index in [1.807, 2.05) is 16.8 Å². The number of ether oxygens (including phenoxy) is 1. The van der Waals surface area contributed by atoms with Gasteiger partial charge in [-0.1, -0.05) is 0 Å². The van der Waals surface area contributed by atoms with Gasteiger partial charge in [0.1, 0.15) is 6.10 Å². The second kappa shape index (κ2) is 6.54. The fourth-order valence-corrected chi connectivity index (χ4v) is 3.65. The van der Waals surface area contributed by atoms with Crippen LogP contribution < -0.4 is 0 Å². The molecule has 2 saturated heterocycles. The molecule has 2 aliphatic heterocycles. The number of carbonyl (C=O) groups is 2. The zero-order valence-electron chi connectivity index (χ0n) is 13.7. The first-order chi connectivity index (χ1) is 10.6. The summed E-state index contributed by atoms with van der Waals surface area (Å²) in [6.45, 7) is 3.57. The number of likely N-dealkylation sites (tertiary alicyclic amines) is 1. The van der Waals surface area contributed by atoms with E-state index >= 15 is 0 Å². The van der Waals surface area contributed by atoms with Crippen LogP contribution in [0.2, 0.25) is 0 Å². The van der Waals surface area contributed by atoms with Gasteiger partial charge in [0.05, 0.1) is 6.04 Å². The monoisotopic (exact) mass is 309 g/mol. The van der Waals surface area contributed by atoms with Gasteiger partial charge < -0.3 is 14.5 Å². The van der Waals surface area contributed by atoms with E-state index in [1.165, 1.54) is 0 Å². The van der Waals surface area contributed by atoms with Crippen molar-refractivity contribution < 1.29 is 14.3 Å². The lowest BCUT2D eigenvalue weighted by Crippen LogP contribution is -2.56. The number of amides is 2. The van der Waals surface area contributed by atoms with Crippen molar-refractivity contribution >= 4 is 11.8 Å². The maximum absolute atomic E-state index is 12.6. The van der Waals surface area contributed by atoms with Crippen molar-refractivity contribution in [2.75, 3.05) is 46.9 Å². The number of carbonyl (C=O) groups excluding carboxylic acids is 2. The fraction of sp³-hybridized carbons (Fsp3) is 0.875. The Morgan fingerprint density at radius 3 is 2.14 bits per heavy atom. The van der Waals surface area contributed by atoms with Crippen LogP contribution >= 0.6 is 0 Å². The number of rotatable bonds is 4. The fourth-order valence-electron chi connectivity index (χ4n) is 3.65. The largest absolute Gasteiger partial charge is 0.371 e. The summed E-state index contributed by atoms with van der Waals surface area (Å²) in [6, 6.07) is 0.0421. The van der Waals surface area contributed by atoms with Gasteiger partial charge in [-0.3, -0.25) is 14.5 Å². The van der Waals surface area contributed by atoms with Gasteiger partial charge in [-0.15, -0.1) is 0 Å². The van der Waals surface area contributed by atoms with Gasteiger partial charge in [0, 0.05) is 33.3 Å². The topological polar surface area (TPSA) is 53.1 Å². The highest BCUT2D eigenvalue weighted by molar-refractivity contribution is 5.84. The molecule has 0 bridgehead atoms. The van der Waals surface area contributed by atoms with Crippen LogP contribution in [0.5, 0.6) is 0 Å². The Bertz CT molecular complexity index is 408. The number of likely N-dealkylation sites (N-methyl/N-ethyl adjacent to an activating group) is 1. The van der Waals surface area contributed by atoms with Crippen LogP contribution in [0.1, 0.15) is 25.7 Å². The smallest absolute Gasteiger partial charge is 0.252 e. The van der Waals surface area contributed by atoms with Crippen LogP contribution in [0.15, 0.2) is 0 Å². The summed E-state index contributed by atoms with van der Waals surface area (Å²) in [5, 5.41) is 0. The number of nitrogens with zero attached hydrogens (tertiary/aromatic N) is 3. The molecule has 22 heavy (non-hydrogen) atoms. The molecule has 3 rings (SSSR count). The van der Waals surface area contributed by atoms with Crippen LogP contribution in [0.4, 0.5) is 0 Å². The Kier molecular flexibility index (Phi) is 4.68. The number of methoxy groups -OCH3 is 1. The molecule has 124 valence electrons. The molecule has 2 amide bonds. The first kappa shape index (κ1) is 15.7. The minimum absolute atomic E-state index is 0.0421. The Balaban J connectivity index is 1.51. The highest BCUT2D eigenvalue weighted by atomic mass is 16.5. The standard InChI is InChI=1S/C16H27N3O3/c1-17-7-3-4-13(17)15(20)18-8-10-19(11-9-18)16(21)14(22-2)12-5-6-12/h12-14H,3-11H2,1-2H3. The van der Waals surface area contributed by atoms with Crippen molar-refractivity contribution in [2.45, 2.75) is 37.8 Å². The molecular formula is C16H27N3O3. The Hall–Kier alpha value is -1.14. The lowest BCUT2D eigenvalue weighted by Gasteiger charge is -2.38. The molecule has 3 aliphatic rings. The maximum Gasteiger partial charge on any atom is 0.252 e. The molecule has 6 heteroatoms. The van der Waals surface area contributed by atoms with E-state index in [0.717, 1.165) is 32.2 Å². The zero-order chi connectivity index (χ0) is 15.7. The van der Waals surface area contributed by atoms with Crippen molar-refractivity contribution in [1.82, 2.24) is 14.7 Å². The molecule has 3 fully saturated rings. The third kappa shape index (κ3) is 3.13. The van der Waals surface area contributed by atoms with Gasteiger partial charge in [0.25, 0.3) is 5.91 Å². The van der Waals surface area contributed by atoms with Crippen molar-refractivity contribution in [3.63, 3.8) is 0 Å². The number of hydrogen-bond acceptors (Lipinski definition) is 4. The van der Waals surface area contributed by atoms with Crippen molar-refractivity contribution in [3.8, 4) is 0 Å². The van der Waals surface area contributed by atoms with E-state index in [2.05, 4.69) is 4.90 Å². The van der Waals surface area contributed by atoms with Gasteiger partial charge in [0.2, 0.25) is 5.91 Å². The second-order valence-electron chi connectivity index (χ2n) is 6.78. The lowest BCUT2D eigenvalue weighted by atomic mass is 10.1. The van der Waals surface area contributed by atoms with Gasteiger partial charge in [-0.25, -0.2) is 0 Å². The molecule has 1 saturated carbocycles. The van der Waals surface area contributed by atoms with Crippen molar-refractivity contribution in [1.29, 1.82) is 0 Å². The predicted octanol–water partition coefficient (Wildman–Crippen LogP) is 0.176. The Morgan fingerprint density at radius 1 is 1.00 bits per heavy atom. The zero-order valence-corrected chi connectivity index (χ0v) is 13.7. The average molecular weight is 309 g/mol. The summed E-state index contributed by atoms with van der Waals surface area (Å²) in [6.07, 6.45) is 3.97. The van der Waals surface area contributed by atoms with E-state index in [9.17, 15) is 9.59 Å². The van der Waals surface area contributed by atoms with Gasteiger partial charge >= 0.3 is 0 Å². The Labute approximate surface area is 132 Å². The molecule has 0 N–H and O–H groups in total. The van der Waals surface area contributed by atoms with E-state index in [-0.39, 0.29) is 24.0 Å². The van der Waals surface area contributed by atoms with E-state index in [1.54, 1.807) is 7.11 Å². The molecule has 0 aromatic heterocycles. The summed E-state index contributed by atoms with van der Waals surface area (Å²) in [4.78, 5) is 31.0. The SMILES string of the molecule is COC(C(=O)N1CCN(C(=O)C2CCCN2C)CC1)C1CC1.